The minimum Gasteiger partial charge on any atom is -0.355 e. The van der Waals surface area contributed by atoms with Gasteiger partial charge in [-0.3, -0.25) is 4.99 Å². The Kier molecular flexibility index (Phi) is 7.10. The fraction of sp³-hybridized carbons (Fsp3) is 0.389. The van der Waals surface area contributed by atoms with Gasteiger partial charge in [0.2, 0.25) is 0 Å². The monoisotopic (exact) mass is 330 g/mol. The molecule has 1 heterocycles. The maximum absolute atomic E-state index is 4.31. The number of nitrogens with zero attached hydrogens (tertiary/aromatic N) is 2. The molecular formula is C18H26N4S. The largest absolute Gasteiger partial charge is 0.355 e. The highest BCUT2D eigenvalue weighted by atomic mass is 32.1. The van der Waals surface area contributed by atoms with Gasteiger partial charge in [-0.1, -0.05) is 36.4 Å². The van der Waals surface area contributed by atoms with Crippen molar-refractivity contribution in [2.24, 2.45) is 4.99 Å². The maximum atomic E-state index is 4.31. The average molecular weight is 331 g/mol. The highest BCUT2D eigenvalue weighted by Crippen LogP contribution is 2.08. The second-order valence-electron chi connectivity index (χ2n) is 5.69. The van der Waals surface area contributed by atoms with Gasteiger partial charge in [0, 0.05) is 24.5 Å². The first-order chi connectivity index (χ1) is 11.2. The Hall–Kier alpha value is -1.85. The average Bonchev–Trinajstić information content (AvgIpc) is 3.08. The summed E-state index contributed by atoms with van der Waals surface area (Å²) in [5, 5.41) is 8.89. The second kappa shape index (κ2) is 9.33. The summed E-state index contributed by atoms with van der Waals surface area (Å²) in [5.74, 6) is 0.846. The van der Waals surface area contributed by atoms with E-state index in [1.54, 1.807) is 11.3 Å². The summed E-state index contributed by atoms with van der Waals surface area (Å²) in [5.41, 5.74) is 1.36. The molecule has 124 valence electrons. The molecule has 0 saturated heterocycles. The van der Waals surface area contributed by atoms with Gasteiger partial charge in [-0.25, -0.2) is 0 Å². The number of nitrogens with one attached hydrogen (secondary N) is 2. The molecule has 2 aromatic rings. The van der Waals surface area contributed by atoms with Crippen LogP contribution in [0.25, 0.3) is 0 Å². The Morgan fingerprint density at radius 3 is 2.52 bits per heavy atom. The van der Waals surface area contributed by atoms with Crippen LogP contribution in [0, 0.1) is 0 Å². The highest BCUT2D eigenvalue weighted by Gasteiger charge is 2.13. The van der Waals surface area contributed by atoms with Crippen molar-refractivity contribution in [1.29, 1.82) is 0 Å². The number of hydrogen-bond donors (Lipinski definition) is 2. The van der Waals surface area contributed by atoms with Crippen molar-refractivity contribution in [3.63, 3.8) is 0 Å². The van der Waals surface area contributed by atoms with Crippen molar-refractivity contribution in [3.8, 4) is 0 Å². The summed E-state index contributed by atoms with van der Waals surface area (Å²) in [6.07, 6.45) is 1.02. The summed E-state index contributed by atoms with van der Waals surface area (Å²) in [6.45, 7) is 1.66. The van der Waals surface area contributed by atoms with E-state index in [1.165, 1.54) is 10.4 Å². The van der Waals surface area contributed by atoms with E-state index in [0.29, 0.717) is 6.04 Å². The molecule has 1 aromatic carbocycles. The first-order valence-electron chi connectivity index (χ1n) is 7.86. The zero-order valence-corrected chi connectivity index (χ0v) is 14.9. The number of guanidine groups is 1. The Labute approximate surface area is 143 Å². The molecule has 0 radical (unpaired) electrons. The Morgan fingerprint density at radius 1 is 1.13 bits per heavy atom. The van der Waals surface area contributed by atoms with Gasteiger partial charge in [-0.15, -0.1) is 11.3 Å². The molecule has 2 N–H and O–H groups in total. The molecule has 0 fully saturated rings. The van der Waals surface area contributed by atoms with Gasteiger partial charge in [-0.05, 0) is 37.5 Å². The van der Waals surface area contributed by atoms with E-state index in [2.05, 4.69) is 82.5 Å². The van der Waals surface area contributed by atoms with Crippen molar-refractivity contribution in [2.75, 3.05) is 27.7 Å². The fourth-order valence-electron chi connectivity index (χ4n) is 2.34. The summed E-state index contributed by atoms with van der Waals surface area (Å²) < 4.78 is 0. The molecule has 0 saturated carbocycles. The normalized spacial score (nSPS) is 13.1. The number of hydrogen-bond acceptors (Lipinski definition) is 3. The minimum absolute atomic E-state index is 0.415. The van der Waals surface area contributed by atoms with Crippen LogP contribution in [-0.4, -0.2) is 44.6 Å². The minimum atomic E-state index is 0.415. The molecule has 0 amide bonds. The van der Waals surface area contributed by atoms with Crippen LogP contribution in [0.3, 0.4) is 0 Å². The van der Waals surface area contributed by atoms with Gasteiger partial charge in [0.1, 0.15) is 0 Å². The lowest BCUT2D eigenvalue weighted by Gasteiger charge is -2.25. The van der Waals surface area contributed by atoms with Gasteiger partial charge in [0.25, 0.3) is 0 Å². The lowest BCUT2D eigenvalue weighted by atomic mass is 10.1. The van der Waals surface area contributed by atoms with E-state index in [0.717, 1.165) is 25.5 Å². The first kappa shape index (κ1) is 17.5. The van der Waals surface area contributed by atoms with Crippen LogP contribution in [0.5, 0.6) is 0 Å². The van der Waals surface area contributed by atoms with Crippen LogP contribution in [0.1, 0.15) is 10.4 Å². The number of likely N-dealkylation sites (N-methyl/N-ethyl adjacent to an activating group) is 1. The summed E-state index contributed by atoms with van der Waals surface area (Å²) >= 11 is 1.75. The standard InChI is InChI=1S/C18H26N4S/c1-19-18(21-14-17-10-7-11-23-17)20-13-16(22(2)3)12-15-8-5-4-6-9-15/h4-11,16H,12-14H2,1-3H3,(H2,19,20,21). The number of rotatable bonds is 7. The van der Waals surface area contributed by atoms with Crippen LogP contribution in [-0.2, 0) is 13.0 Å². The molecule has 1 aromatic heterocycles. The molecule has 0 aliphatic rings. The molecule has 1 unspecified atom stereocenters. The smallest absolute Gasteiger partial charge is 0.191 e. The first-order valence-corrected chi connectivity index (χ1v) is 8.74. The van der Waals surface area contributed by atoms with Crippen LogP contribution >= 0.6 is 11.3 Å². The second-order valence-corrected chi connectivity index (χ2v) is 6.73. The maximum Gasteiger partial charge on any atom is 0.191 e. The predicted octanol–water partition coefficient (Wildman–Crippen LogP) is 2.59. The van der Waals surface area contributed by atoms with E-state index in [-0.39, 0.29) is 0 Å². The van der Waals surface area contributed by atoms with E-state index in [4.69, 9.17) is 0 Å². The number of aliphatic imine (C=N–C) groups is 1. The van der Waals surface area contributed by atoms with Gasteiger partial charge in [0.05, 0.1) is 6.54 Å². The molecule has 23 heavy (non-hydrogen) atoms. The molecule has 2 rings (SSSR count). The van der Waals surface area contributed by atoms with Crippen molar-refractivity contribution < 1.29 is 0 Å². The zero-order valence-electron chi connectivity index (χ0n) is 14.1. The van der Waals surface area contributed by atoms with Gasteiger partial charge < -0.3 is 15.5 Å². The lowest BCUT2D eigenvalue weighted by molar-refractivity contribution is 0.290. The summed E-state index contributed by atoms with van der Waals surface area (Å²) in [4.78, 5) is 7.87. The number of benzene rings is 1. The lowest BCUT2D eigenvalue weighted by Crippen LogP contribution is -2.45. The van der Waals surface area contributed by atoms with Crippen molar-refractivity contribution in [3.05, 3.63) is 58.3 Å². The number of thiophene rings is 1. The Bertz CT molecular complexity index is 578. The van der Waals surface area contributed by atoms with E-state index in [9.17, 15) is 0 Å². The summed E-state index contributed by atoms with van der Waals surface area (Å²) in [7, 11) is 6.06. The van der Waals surface area contributed by atoms with Crippen molar-refractivity contribution in [2.45, 2.75) is 19.0 Å². The van der Waals surface area contributed by atoms with Crippen molar-refractivity contribution in [1.82, 2.24) is 15.5 Å². The van der Waals surface area contributed by atoms with Crippen LogP contribution in [0.15, 0.2) is 52.8 Å². The molecule has 0 aliphatic heterocycles. The fourth-order valence-corrected chi connectivity index (χ4v) is 2.99. The molecule has 0 aliphatic carbocycles. The Balaban J connectivity index is 1.84. The van der Waals surface area contributed by atoms with Gasteiger partial charge in [-0.2, -0.15) is 0 Å². The topological polar surface area (TPSA) is 39.7 Å². The molecule has 0 spiro atoms. The van der Waals surface area contributed by atoms with Crippen LogP contribution in [0.2, 0.25) is 0 Å². The molecule has 0 bridgehead atoms. The predicted molar refractivity (Wildman–Crippen MR) is 100 cm³/mol. The molecule has 1 atom stereocenters. The molecule has 4 nitrogen and oxygen atoms in total. The Morgan fingerprint density at radius 2 is 1.91 bits per heavy atom. The van der Waals surface area contributed by atoms with Gasteiger partial charge >= 0.3 is 0 Å². The molecular weight excluding hydrogens is 304 g/mol. The quantitative estimate of drug-likeness (QED) is 0.605. The summed E-state index contributed by atoms with van der Waals surface area (Å²) in [6, 6.07) is 15.2. The van der Waals surface area contributed by atoms with E-state index < -0.39 is 0 Å². The van der Waals surface area contributed by atoms with E-state index in [1.807, 2.05) is 7.05 Å². The van der Waals surface area contributed by atoms with Gasteiger partial charge in [0.15, 0.2) is 5.96 Å². The van der Waals surface area contributed by atoms with Crippen LogP contribution < -0.4 is 10.6 Å². The highest BCUT2D eigenvalue weighted by molar-refractivity contribution is 7.09. The van der Waals surface area contributed by atoms with E-state index >= 15 is 0 Å². The third-order valence-electron chi connectivity index (χ3n) is 3.78. The van der Waals surface area contributed by atoms with Crippen molar-refractivity contribution >= 4 is 17.3 Å². The molecule has 5 heteroatoms. The van der Waals surface area contributed by atoms with Crippen LogP contribution in [0.4, 0.5) is 0 Å². The third-order valence-corrected chi connectivity index (χ3v) is 4.66. The SMILES string of the molecule is CN=C(NCc1cccs1)NCC(Cc1ccccc1)N(C)C. The third kappa shape index (κ3) is 6.04. The zero-order chi connectivity index (χ0) is 16.5.